The Morgan fingerprint density at radius 2 is 1.67 bits per heavy atom. The van der Waals surface area contributed by atoms with E-state index < -0.39 is 0 Å². The molecule has 0 bridgehead atoms. The summed E-state index contributed by atoms with van der Waals surface area (Å²) in [4.78, 5) is 0. The minimum atomic E-state index is 0.465. The molecule has 0 fully saturated rings. The zero-order valence-electron chi connectivity index (χ0n) is 8.19. The average Bonchev–Trinajstić information content (AvgIpc) is 2.43. The van der Waals surface area contributed by atoms with E-state index in [1.807, 2.05) is 12.2 Å². The van der Waals surface area contributed by atoms with Gasteiger partial charge in [-0.2, -0.15) is 0 Å². The molecule has 0 heteroatoms. The molecular formula is C12H18. The second-order valence-corrected chi connectivity index (χ2v) is 3.98. The molecule has 1 aliphatic rings. The SMILES string of the molecule is C=CC1=C(C=C)CC(C)(CC)C1. The van der Waals surface area contributed by atoms with Gasteiger partial charge < -0.3 is 0 Å². The van der Waals surface area contributed by atoms with Crippen molar-refractivity contribution in [2.24, 2.45) is 5.41 Å². The van der Waals surface area contributed by atoms with Crippen LogP contribution in [0.3, 0.4) is 0 Å². The third kappa shape index (κ3) is 1.52. The fourth-order valence-electron chi connectivity index (χ4n) is 1.87. The molecule has 0 atom stereocenters. The van der Waals surface area contributed by atoms with Crippen molar-refractivity contribution in [1.29, 1.82) is 0 Å². The average molecular weight is 162 g/mol. The Hall–Kier alpha value is -0.780. The van der Waals surface area contributed by atoms with E-state index >= 15 is 0 Å². The zero-order valence-corrected chi connectivity index (χ0v) is 8.19. The van der Waals surface area contributed by atoms with Gasteiger partial charge in [0.1, 0.15) is 0 Å². The molecular weight excluding hydrogens is 144 g/mol. The van der Waals surface area contributed by atoms with Gasteiger partial charge in [-0.3, -0.25) is 0 Å². The van der Waals surface area contributed by atoms with Crippen LogP contribution < -0.4 is 0 Å². The summed E-state index contributed by atoms with van der Waals surface area (Å²) in [5.74, 6) is 0. The summed E-state index contributed by atoms with van der Waals surface area (Å²) >= 11 is 0. The molecule has 0 spiro atoms. The lowest BCUT2D eigenvalue weighted by Gasteiger charge is -2.21. The first-order valence-electron chi connectivity index (χ1n) is 4.62. The van der Waals surface area contributed by atoms with E-state index in [0.717, 1.165) is 0 Å². The Balaban J connectivity index is 2.84. The quantitative estimate of drug-likeness (QED) is 0.591. The van der Waals surface area contributed by atoms with Crippen LogP contribution in [0, 0.1) is 5.41 Å². The van der Waals surface area contributed by atoms with E-state index in [1.165, 1.54) is 30.4 Å². The molecule has 0 unspecified atom stereocenters. The van der Waals surface area contributed by atoms with Crippen molar-refractivity contribution >= 4 is 0 Å². The summed E-state index contributed by atoms with van der Waals surface area (Å²) in [6.45, 7) is 12.3. The summed E-state index contributed by atoms with van der Waals surface area (Å²) in [5, 5.41) is 0. The monoisotopic (exact) mass is 162 g/mol. The predicted molar refractivity (Wildman–Crippen MR) is 55.1 cm³/mol. The van der Waals surface area contributed by atoms with Crippen molar-refractivity contribution in [1.82, 2.24) is 0 Å². The molecule has 0 saturated heterocycles. The molecule has 0 aliphatic heterocycles. The highest BCUT2D eigenvalue weighted by Crippen LogP contribution is 2.44. The number of allylic oxidation sites excluding steroid dienone is 4. The lowest BCUT2D eigenvalue weighted by molar-refractivity contribution is 0.332. The van der Waals surface area contributed by atoms with Gasteiger partial charge in [-0.25, -0.2) is 0 Å². The van der Waals surface area contributed by atoms with Gasteiger partial charge in [0, 0.05) is 0 Å². The van der Waals surface area contributed by atoms with Crippen LogP contribution in [0.25, 0.3) is 0 Å². The normalized spacial score (nSPS) is 21.2. The van der Waals surface area contributed by atoms with Crippen LogP contribution in [0.4, 0.5) is 0 Å². The molecule has 1 rings (SSSR count). The van der Waals surface area contributed by atoms with Crippen LogP contribution in [0.5, 0.6) is 0 Å². The molecule has 0 aromatic carbocycles. The maximum Gasteiger partial charge on any atom is -0.0219 e. The van der Waals surface area contributed by atoms with E-state index in [-0.39, 0.29) is 0 Å². The number of rotatable bonds is 3. The van der Waals surface area contributed by atoms with Crippen molar-refractivity contribution in [3.05, 3.63) is 36.5 Å². The Morgan fingerprint density at radius 3 is 1.92 bits per heavy atom. The summed E-state index contributed by atoms with van der Waals surface area (Å²) in [6.07, 6.45) is 7.56. The summed E-state index contributed by atoms with van der Waals surface area (Å²) in [6, 6.07) is 0. The van der Waals surface area contributed by atoms with Gasteiger partial charge in [-0.1, -0.05) is 45.6 Å². The molecule has 0 amide bonds. The Morgan fingerprint density at radius 1 is 1.25 bits per heavy atom. The maximum absolute atomic E-state index is 3.84. The Kier molecular flexibility index (Phi) is 2.56. The van der Waals surface area contributed by atoms with E-state index in [0.29, 0.717) is 5.41 Å². The van der Waals surface area contributed by atoms with Gasteiger partial charge in [0.15, 0.2) is 0 Å². The van der Waals surface area contributed by atoms with E-state index in [9.17, 15) is 0 Å². The highest BCUT2D eigenvalue weighted by Gasteiger charge is 2.30. The third-order valence-electron chi connectivity index (χ3n) is 2.99. The maximum atomic E-state index is 3.84. The van der Waals surface area contributed by atoms with Crippen molar-refractivity contribution in [3.63, 3.8) is 0 Å². The van der Waals surface area contributed by atoms with Crippen molar-refractivity contribution in [2.75, 3.05) is 0 Å². The molecule has 0 saturated carbocycles. The van der Waals surface area contributed by atoms with Crippen LogP contribution in [0.15, 0.2) is 36.5 Å². The highest BCUT2D eigenvalue weighted by atomic mass is 14.3. The van der Waals surface area contributed by atoms with Crippen LogP contribution in [-0.4, -0.2) is 0 Å². The topological polar surface area (TPSA) is 0 Å². The molecule has 0 nitrogen and oxygen atoms in total. The lowest BCUT2D eigenvalue weighted by atomic mass is 9.83. The Labute approximate surface area is 75.7 Å². The molecule has 66 valence electrons. The summed E-state index contributed by atoms with van der Waals surface area (Å²) in [5.41, 5.74) is 3.26. The Bertz CT molecular complexity index is 210. The van der Waals surface area contributed by atoms with Crippen LogP contribution in [0.2, 0.25) is 0 Å². The van der Waals surface area contributed by atoms with E-state index in [2.05, 4.69) is 27.0 Å². The number of hydrogen-bond acceptors (Lipinski definition) is 0. The molecule has 0 aromatic heterocycles. The first-order valence-corrected chi connectivity index (χ1v) is 4.62. The summed E-state index contributed by atoms with van der Waals surface area (Å²) in [7, 11) is 0. The van der Waals surface area contributed by atoms with Crippen LogP contribution in [-0.2, 0) is 0 Å². The molecule has 0 N–H and O–H groups in total. The van der Waals surface area contributed by atoms with Crippen LogP contribution in [0.1, 0.15) is 33.1 Å². The first-order chi connectivity index (χ1) is 5.65. The predicted octanol–water partition coefficient (Wildman–Crippen LogP) is 3.87. The smallest absolute Gasteiger partial charge is 0.0219 e. The van der Waals surface area contributed by atoms with E-state index in [4.69, 9.17) is 0 Å². The zero-order chi connectivity index (χ0) is 9.19. The standard InChI is InChI=1S/C12H18/c1-5-10-8-12(4,7-3)9-11(10)6-2/h5-6H,1-2,7-9H2,3-4H3. The summed E-state index contributed by atoms with van der Waals surface area (Å²) < 4.78 is 0. The molecule has 1 aliphatic carbocycles. The van der Waals surface area contributed by atoms with Gasteiger partial charge in [0.25, 0.3) is 0 Å². The van der Waals surface area contributed by atoms with Crippen LogP contribution >= 0.6 is 0 Å². The highest BCUT2D eigenvalue weighted by molar-refractivity contribution is 5.37. The van der Waals surface area contributed by atoms with Gasteiger partial charge in [0.2, 0.25) is 0 Å². The molecule has 0 heterocycles. The lowest BCUT2D eigenvalue weighted by Crippen LogP contribution is -2.09. The van der Waals surface area contributed by atoms with Gasteiger partial charge in [0.05, 0.1) is 0 Å². The molecule has 0 radical (unpaired) electrons. The number of hydrogen-bond donors (Lipinski definition) is 0. The van der Waals surface area contributed by atoms with Gasteiger partial charge >= 0.3 is 0 Å². The van der Waals surface area contributed by atoms with Crippen molar-refractivity contribution in [2.45, 2.75) is 33.1 Å². The van der Waals surface area contributed by atoms with E-state index in [1.54, 1.807) is 0 Å². The second kappa shape index (κ2) is 3.30. The minimum absolute atomic E-state index is 0.465. The van der Waals surface area contributed by atoms with Crippen molar-refractivity contribution < 1.29 is 0 Å². The molecule has 0 aromatic rings. The van der Waals surface area contributed by atoms with Crippen molar-refractivity contribution in [3.8, 4) is 0 Å². The second-order valence-electron chi connectivity index (χ2n) is 3.98. The fraction of sp³-hybridized carbons (Fsp3) is 0.500. The molecule has 12 heavy (non-hydrogen) atoms. The minimum Gasteiger partial charge on any atom is -0.0988 e. The van der Waals surface area contributed by atoms with Gasteiger partial charge in [-0.05, 0) is 29.4 Å². The largest absolute Gasteiger partial charge is 0.0988 e. The third-order valence-corrected chi connectivity index (χ3v) is 2.99. The fourth-order valence-corrected chi connectivity index (χ4v) is 1.87. The van der Waals surface area contributed by atoms with Gasteiger partial charge in [-0.15, -0.1) is 0 Å². The first kappa shape index (κ1) is 9.31.